The van der Waals surface area contributed by atoms with Gasteiger partial charge in [0.25, 0.3) is 0 Å². The van der Waals surface area contributed by atoms with E-state index in [4.69, 9.17) is 0 Å². The van der Waals surface area contributed by atoms with Crippen molar-refractivity contribution in [3.8, 4) is 0 Å². The van der Waals surface area contributed by atoms with Gasteiger partial charge in [0.2, 0.25) is 0 Å². The average Bonchev–Trinajstić information content (AvgIpc) is 2.49. The molecule has 0 bridgehead atoms. The van der Waals surface area contributed by atoms with Gasteiger partial charge in [0.05, 0.1) is 17.8 Å². The fraction of sp³-hybridized carbons (Fsp3) is 1.00. The number of fused-ring (bicyclic) bond motifs is 3. The molecule has 3 rings (SSSR count). The topological polar surface area (TPSA) is 60.7 Å². The van der Waals surface area contributed by atoms with Gasteiger partial charge in [-0.1, -0.05) is 33.6 Å². The van der Waals surface area contributed by atoms with Crippen molar-refractivity contribution in [3.05, 3.63) is 0 Å². The van der Waals surface area contributed by atoms with E-state index in [1.807, 2.05) is 6.92 Å². The Bertz CT molecular complexity index is 435. The van der Waals surface area contributed by atoms with Crippen molar-refractivity contribution < 1.29 is 15.3 Å². The molecular weight excluding hydrogens is 288 g/mol. The predicted molar refractivity (Wildman–Crippen MR) is 91.9 cm³/mol. The number of rotatable bonds is 2. The van der Waals surface area contributed by atoms with E-state index in [1.165, 1.54) is 0 Å². The zero-order chi connectivity index (χ0) is 17.0. The van der Waals surface area contributed by atoms with E-state index >= 15 is 0 Å². The van der Waals surface area contributed by atoms with Gasteiger partial charge in [0.1, 0.15) is 0 Å². The smallest absolute Gasteiger partial charge is 0.0651 e. The summed E-state index contributed by atoms with van der Waals surface area (Å²) in [7, 11) is 0. The van der Waals surface area contributed by atoms with E-state index in [-0.39, 0.29) is 35.4 Å². The Morgan fingerprint density at radius 2 is 1.65 bits per heavy atom. The van der Waals surface area contributed by atoms with Crippen LogP contribution in [0.1, 0.15) is 72.6 Å². The highest BCUT2D eigenvalue weighted by molar-refractivity contribution is 5.10. The zero-order valence-electron chi connectivity index (χ0n) is 15.3. The van der Waals surface area contributed by atoms with Gasteiger partial charge in [-0.25, -0.2) is 0 Å². The van der Waals surface area contributed by atoms with E-state index in [0.717, 1.165) is 44.9 Å². The first-order chi connectivity index (χ1) is 10.8. The van der Waals surface area contributed by atoms with E-state index in [1.54, 1.807) is 0 Å². The van der Waals surface area contributed by atoms with Gasteiger partial charge in [-0.15, -0.1) is 0 Å². The first-order valence-corrected chi connectivity index (χ1v) is 9.84. The molecule has 3 nitrogen and oxygen atoms in total. The summed E-state index contributed by atoms with van der Waals surface area (Å²) in [5, 5.41) is 32.4. The van der Waals surface area contributed by atoms with Crippen molar-refractivity contribution >= 4 is 0 Å². The predicted octanol–water partition coefficient (Wildman–Crippen LogP) is 3.36. The average molecular weight is 325 g/mol. The van der Waals surface area contributed by atoms with Gasteiger partial charge < -0.3 is 15.3 Å². The highest BCUT2D eigenvalue weighted by Gasteiger charge is 2.61. The monoisotopic (exact) mass is 324 g/mol. The molecule has 0 radical (unpaired) electrons. The van der Waals surface area contributed by atoms with Gasteiger partial charge in [-0.3, -0.25) is 0 Å². The maximum absolute atomic E-state index is 11.2. The Morgan fingerprint density at radius 1 is 0.957 bits per heavy atom. The van der Waals surface area contributed by atoms with Crippen molar-refractivity contribution in [1.82, 2.24) is 0 Å². The van der Waals surface area contributed by atoms with Crippen LogP contribution in [-0.4, -0.2) is 33.1 Å². The molecule has 0 saturated heterocycles. The molecule has 0 amide bonds. The molecular formula is C20H36O3. The summed E-state index contributed by atoms with van der Waals surface area (Å²) >= 11 is 0. The van der Waals surface area contributed by atoms with Crippen molar-refractivity contribution in [1.29, 1.82) is 0 Å². The van der Waals surface area contributed by atoms with Gasteiger partial charge in [0, 0.05) is 0 Å². The number of aliphatic hydroxyl groups excluding tert-OH is 2. The third-order valence-electron chi connectivity index (χ3n) is 8.19. The maximum Gasteiger partial charge on any atom is 0.0651 e. The number of hydrogen-bond acceptors (Lipinski definition) is 3. The molecule has 0 aliphatic heterocycles. The van der Waals surface area contributed by atoms with Crippen LogP contribution in [-0.2, 0) is 0 Å². The van der Waals surface area contributed by atoms with Crippen LogP contribution in [0.5, 0.6) is 0 Å². The third-order valence-corrected chi connectivity index (χ3v) is 8.19. The molecule has 0 aromatic carbocycles. The van der Waals surface area contributed by atoms with Crippen LogP contribution in [0.3, 0.4) is 0 Å². The molecule has 3 aliphatic rings. The minimum absolute atomic E-state index is 0.190. The Hall–Kier alpha value is -0.120. The Labute approximate surface area is 141 Å². The SMILES string of the molecule is CCC1[C@H]2C(CC[C@]1(C)O)[C@@]1(C)CC[C@@H](O)C[C@H]1[C@@H](CC)[C@H]2O. The first-order valence-electron chi connectivity index (χ1n) is 9.84. The molecule has 0 aromatic rings. The highest BCUT2D eigenvalue weighted by Crippen LogP contribution is 2.63. The third kappa shape index (κ3) is 2.58. The molecule has 3 heteroatoms. The molecule has 3 saturated carbocycles. The lowest BCUT2D eigenvalue weighted by molar-refractivity contribution is -0.217. The van der Waals surface area contributed by atoms with Crippen molar-refractivity contribution in [2.45, 2.75) is 90.4 Å². The van der Waals surface area contributed by atoms with Crippen molar-refractivity contribution in [2.24, 2.45) is 35.0 Å². The molecule has 0 aromatic heterocycles. The normalized spacial score (nSPS) is 56.7. The van der Waals surface area contributed by atoms with E-state index in [0.29, 0.717) is 11.8 Å². The Balaban J connectivity index is 2.01. The molecule has 3 fully saturated rings. The highest BCUT2D eigenvalue weighted by atomic mass is 16.3. The summed E-state index contributed by atoms with van der Waals surface area (Å²) in [5.41, 5.74) is -0.430. The van der Waals surface area contributed by atoms with Gasteiger partial charge in [-0.05, 0) is 74.0 Å². The van der Waals surface area contributed by atoms with Gasteiger partial charge >= 0.3 is 0 Å². The van der Waals surface area contributed by atoms with Crippen LogP contribution in [0, 0.1) is 35.0 Å². The number of hydrogen-bond donors (Lipinski definition) is 3. The van der Waals surface area contributed by atoms with Crippen molar-refractivity contribution in [2.75, 3.05) is 0 Å². The van der Waals surface area contributed by atoms with Gasteiger partial charge in [-0.2, -0.15) is 0 Å². The van der Waals surface area contributed by atoms with E-state index < -0.39 is 5.60 Å². The summed E-state index contributed by atoms with van der Waals surface area (Å²) in [6.45, 7) is 8.73. The van der Waals surface area contributed by atoms with Crippen molar-refractivity contribution in [3.63, 3.8) is 0 Å². The molecule has 3 aliphatic carbocycles. The first kappa shape index (κ1) is 17.7. The molecule has 23 heavy (non-hydrogen) atoms. The lowest BCUT2D eigenvalue weighted by atomic mass is 9.42. The summed E-state index contributed by atoms with van der Waals surface area (Å²) in [6, 6.07) is 0. The number of aliphatic hydroxyl groups is 3. The standard InChI is InChI=1S/C20H36O3/c1-5-13-16-11-12(21)7-9-19(16,3)15-8-10-20(4,23)14(6-2)17(15)18(13)22/h12-18,21-23H,5-11H2,1-4H3/t12-,13-,14?,15?,16+,17+,18-,19-,20+/m1/s1. The van der Waals surface area contributed by atoms with E-state index in [9.17, 15) is 15.3 Å². The Kier molecular flexibility index (Phi) is 4.61. The fourth-order valence-corrected chi connectivity index (χ4v) is 6.99. The molecule has 3 N–H and O–H groups in total. The second-order valence-electron chi connectivity index (χ2n) is 9.20. The summed E-state index contributed by atoms with van der Waals surface area (Å²) in [6.07, 6.45) is 6.07. The minimum Gasteiger partial charge on any atom is -0.393 e. The van der Waals surface area contributed by atoms with Crippen LogP contribution >= 0.6 is 0 Å². The molecule has 2 unspecified atom stereocenters. The largest absolute Gasteiger partial charge is 0.393 e. The quantitative estimate of drug-likeness (QED) is 0.730. The second kappa shape index (κ2) is 6.00. The van der Waals surface area contributed by atoms with Gasteiger partial charge in [0.15, 0.2) is 0 Å². The minimum atomic E-state index is -0.646. The fourth-order valence-electron chi connectivity index (χ4n) is 6.99. The Morgan fingerprint density at radius 3 is 2.26 bits per heavy atom. The van der Waals surface area contributed by atoms with Crippen LogP contribution in [0.15, 0.2) is 0 Å². The van der Waals surface area contributed by atoms with E-state index in [2.05, 4.69) is 20.8 Å². The maximum atomic E-state index is 11.2. The second-order valence-corrected chi connectivity index (χ2v) is 9.20. The molecule has 0 spiro atoms. The lowest BCUT2D eigenvalue weighted by Gasteiger charge is -2.64. The zero-order valence-corrected chi connectivity index (χ0v) is 15.3. The molecule has 9 atom stereocenters. The van der Waals surface area contributed by atoms with Crippen LogP contribution in [0.2, 0.25) is 0 Å². The summed E-state index contributed by atoms with van der Waals surface area (Å²) < 4.78 is 0. The molecule has 134 valence electrons. The summed E-state index contributed by atoms with van der Waals surface area (Å²) in [4.78, 5) is 0. The lowest BCUT2D eigenvalue weighted by Crippen LogP contribution is -2.63. The van der Waals surface area contributed by atoms with Crippen LogP contribution in [0.4, 0.5) is 0 Å². The van der Waals surface area contributed by atoms with Crippen LogP contribution < -0.4 is 0 Å². The van der Waals surface area contributed by atoms with Crippen LogP contribution in [0.25, 0.3) is 0 Å². The summed E-state index contributed by atoms with van der Waals surface area (Å²) in [5.74, 6) is 1.58. The molecule has 0 heterocycles.